The summed E-state index contributed by atoms with van der Waals surface area (Å²) < 4.78 is 41.5. The zero-order valence-corrected chi connectivity index (χ0v) is 12.2. The lowest BCUT2D eigenvalue weighted by Crippen LogP contribution is -2.52. The van der Waals surface area contributed by atoms with Crippen LogP contribution < -0.4 is 0 Å². The molecule has 1 atom stereocenters. The first kappa shape index (κ1) is 15.7. The molecule has 21 heavy (non-hydrogen) atoms. The molecule has 1 aliphatic heterocycles. The van der Waals surface area contributed by atoms with Gasteiger partial charge in [0, 0.05) is 6.42 Å². The van der Waals surface area contributed by atoms with E-state index in [1.807, 2.05) is 0 Å². The minimum atomic E-state index is -3.14. The third-order valence-corrected chi connectivity index (χ3v) is 4.14. The number of likely N-dealkylation sites (tertiary alicyclic amines) is 1. The molecule has 0 spiro atoms. The average molecular weight is 301 g/mol. The zero-order chi connectivity index (χ0) is 16.1. The van der Waals surface area contributed by atoms with Gasteiger partial charge in [-0.1, -0.05) is 32.9 Å². The van der Waals surface area contributed by atoms with E-state index in [0.717, 1.165) is 11.0 Å². The summed E-state index contributed by atoms with van der Waals surface area (Å²) in [5, 5.41) is 9.37. The van der Waals surface area contributed by atoms with Crippen LogP contribution in [0.15, 0.2) is 24.3 Å². The topological polar surface area (TPSA) is 40.5 Å². The van der Waals surface area contributed by atoms with Gasteiger partial charge >= 0.3 is 6.09 Å². The van der Waals surface area contributed by atoms with Crippen LogP contribution in [0.4, 0.5) is 18.0 Å². The first-order valence-corrected chi connectivity index (χ1v) is 6.64. The molecule has 1 saturated heterocycles. The minimum Gasteiger partial charge on any atom is -0.465 e. The van der Waals surface area contributed by atoms with Crippen molar-refractivity contribution >= 4 is 6.09 Å². The summed E-state index contributed by atoms with van der Waals surface area (Å²) in [5.41, 5.74) is -2.03. The molecular weight excluding hydrogens is 283 g/mol. The number of carbonyl (C=O) groups is 1. The highest BCUT2D eigenvalue weighted by molar-refractivity contribution is 5.68. The van der Waals surface area contributed by atoms with E-state index < -0.39 is 41.8 Å². The number of halogens is 3. The Kier molecular flexibility index (Phi) is 3.46. The molecule has 1 N–H and O–H groups in total. The van der Waals surface area contributed by atoms with Crippen LogP contribution in [-0.2, 0) is 5.54 Å². The van der Waals surface area contributed by atoms with Crippen LogP contribution in [0.25, 0.3) is 0 Å². The number of amides is 1. The third kappa shape index (κ3) is 2.47. The lowest BCUT2D eigenvalue weighted by atomic mass is 9.67. The summed E-state index contributed by atoms with van der Waals surface area (Å²) >= 11 is 0. The molecular formula is C15H18F3NO2. The van der Waals surface area contributed by atoms with E-state index in [1.165, 1.54) is 18.2 Å². The lowest BCUT2D eigenvalue weighted by molar-refractivity contribution is 0.00319. The van der Waals surface area contributed by atoms with Crippen molar-refractivity contribution in [2.75, 3.05) is 6.54 Å². The summed E-state index contributed by atoms with van der Waals surface area (Å²) in [4.78, 5) is 12.3. The van der Waals surface area contributed by atoms with Gasteiger partial charge in [0.25, 0.3) is 5.92 Å². The largest absolute Gasteiger partial charge is 0.465 e. The Bertz CT molecular complexity index is 568. The van der Waals surface area contributed by atoms with Gasteiger partial charge in [-0.2, -0.15) is 0 Å². The SMILES string of the molecule is CC(C)(C)[C@@]1(c2cccc(F)c2)CC(F)(F)CN1C(=O)O. The van der Waals surface area contributed by atoms with Gasteiger partial charge in [0.2, 0.25) is 0 Å². The highest BCUT2D eigenvalue weighted by atomic mass is 19.3. The van der Waals surface area contributed by atoms with E-state index in [1.54, 1.807) is 20.8 Å². The van der Waals surface area contributed by atoms with Crippen LogP contribution in [-0.4, -0.2) is 28.6 Å². The Balaban J connectivity index is 2.70. The summed E-state index contributed by atoms with van der Waals surface area (Å²) in [6, 6.07) is 5.26. The van der Waals surface area contributed by atoms with E-state index in [9.17, 15) is 23.1 Å². The average Bonchev–Trinajstić information content (AvgIpc) is 2.62. The normalized spacial score (nSPS) is 25.1. The standard InChI is InChI=1S/C15H18F3NO2/c1-13(2,3)15(10-5-4-6-11(16)7-10)8-14(17,18)9-19(15)12(20)21/h4-7H,8-9H2,1-3H3,(H,20,21)/t15-/m0/s1. The van der Waals surface area contributed by atoms with E-state index in [2.05, 4.69) is 0 Å². The van der Waals surface area contributed by atoms with Crippen molar-refractivity contribution in [3.05, 3.63) is 35.6 Å². The van der Waals surface area contributed by atoms with Crippen molar-refractivity contribution in [2.24, 2.45) is 5.41 Å². The fraction of sp³-hybridized carbons (Fsp3) is 0.533. The van der Waals surface area contributed by atoms with Gasteiger partial charge in [-0.3, -0.25) is 4.90 Å². The maximum Gasteiger partial charge on any atom is 0.408 e. The van der Waals surface area contributed by atoms with Crippen LogP contribution in [0.3, 0.4) is 0 Å². The van der Waals surface area contributed by atoms with Crippen molar-refractivity contribution in [1.29, 1.82) is 0 Å². The number of rotatable bonds is 1. The van der Waals surface area contributed by atoms with Crippen molar-refractivity contribution < 1.29 is 23.1 Å². The summed E-state index contributed by atoms with van der Waals surface area (Å²) in [6.45, 7) is 4.19. The quantitative estimate of drug-likeness (QED) is 0.849. The van der Waals surface area contributed by atoms with Gasteiger partial charge in [-0.25, -0.2) is 18.0 Å². The fourth-order valence-electron chi connectivity index (χ4n) is 3.23. The first-order chi connectivity index (χ1) is 9.49. The highest BCUT2D eigenvalue weighted by Crippen LogP contribution is 2.55. The van der Waals surface area contributed by atoms with Crippen molar-refractivity contribution in [3.63, 3.8) is 0 Å². The summed E-state index contributed by atoms with van der Waals surface area (Å²) in [6.07, 6.45) is -2.08. The van der Waals surface area contributed by atoms with Crippen molar-refractivity contribution in [3.8, 4) is 0 Å². The maximum absolute atomic E-state index is 14.0. The fourth-order valence-corrected chi connectivity index (χ4v) is 3.23. The smallest absolute Gasteiger partial charge is 0.408 e. The van der Waals surface area contributed by atoms with Gasteiger partial charge in [0.05, 0.1) is 12.1 Å². The van der Waals surface area contributed by atoms with E-state index in [4.69, 9.17) is 0 Å². The van der Waals surface area contributed by atoms with Crippen molar-refractivity contribution in [1.82, 2.24) is 4.90 Å². The Morgan fingerprint density at radius 2 is 1.95 bits per heavy atom. The molecule has 1 heterocycles. The zero-order valence-electron chi connectivity index (χ0n) is 12.2. The van der Waals surface area contributed by atoms with E-state index in [0.29, 0.717) is 0 Å². The van der Waals surface area contributed by atoms with Crippen LogP contribution in [0.1, 0.15) is 32.8 Å². The predicted molar refractivity (Wildman–Crippen MR) is 71.8 cm³/mol. The van der Waals surface area contributed by atoms with Gasteiger partial charge < -0.3 is 5.11 Å². The molecule has 1 aromatic carbocycles. The van der Waals surface area contributed by atoms with Gasteiger partial charge in [-0.15, -0.1) is 0 Å². The van der Waals surface area contributed by atoms with Gasteiger partial charge in [0.15, 0.2) is 0 Å². The van der Waals surface area contributed by atoms with E-state index in [-0.39, 0.29) is 5.56 Å². The van der Waals surface area contributed by atoms with E-state index >= 15 is 0 Å². The molecule has 0 saturated carbocycles. The molecule has 0 bridgehead atoms. The van der Waals surface area contributed by atoms with Crippen LogP contribution in [0.5, 0.6) is 0 Å². The second-order valence-corrected chi connectivity index (χ2v) is 6.52. The second-order valence-electron chi connectivity index (χ2n) is 6.52. The monoisotopic (exact) mass is 301 g/mol. The first-order valence-electron chi connectivity index (χ1n) is 6.64. The molecule has 2 rings (SSSR count). The lowest BCUT2D eigenvalue weighted by Gasteiger charge is -2.47. The predicted octanol–water partition coefficient (Wildman–Crippen LogP) is 4.09. The van der Waals surface area contributed by atoms with Crippen LogP contribution >= 0.6 is 0 Å². The summed E-state index contributed by atoms with van der Waals surface area (Å²) in [5.74, 6) is -3.71. The maximum atomic E-state index is 14.0. The van der Waals surface area contributed by atoms with Gasteiger partial charge in [-0.05, 0) is 23.1 Å². The molecule has 3 nitrogen and oxygen atoms in total. The number of carboxylic acid groups (broad SMARTS) is 1. The Morgan fingerprint density at radius 3 is 2.43 bits per heavy atom. The number of hydrogen-bond acceptors (Lipinski definition) is 1. The minimum absolute atomic E-state index is 0.259. The van der Waals surface area contributed by atoms with Crippen LogP contribution in [0, 0.1) is 11.2 Å². The molecule has 1 fully saturated rings. The van der Waals surface area contributed by atoms with Crippen LogP contribution in [0.2, 0.25) is 0 Å². The van der Waals surface area contributed by atoms with Gasteiger partial charge in [0.1, 0.15) is 5.82 Å². The molecule has 1 aliphatic rings. The highest BCUT2D eigenvalue weighted by Gasteiger charge is 2.62. The number of benzene rings is 1. The third-order valence-electron chi connectivity index (χ3n) is 4.14. The molecule has 1 amide bonds. The Morgan fingerprint density at radius 1 is 1.33 bits per heavy atom. The van der Waals surface area contributed by atoms with Crippen molar-refractivity contribution in [2.45, 2.75) is 38.7 Å². The number of nitrogens with zero attached hydrogens (tertiary/aromatic N) is 1. The number of hydrogen-bond donors (Lipinski definition) is 1. The molecule has 0 aromatic heterocycles. The number of alkyl halides is 2. The molecule has 0 radical (unpaired) electrons. The molecule has 116 valence electrons. The Labute approximate surface area is 121 Å². The Hall–Kier alpha value is -1.72. The molecule has 6 heteroatoms. The molecule has 0 aliphatic carbocycles. The summed E-state index contributed by atoms with van der Waals surface area (Å²) in [7, 11) is 0. The second kappa shape index (κ2) is 4.64. The molecule has 0 unspecified atom stereocenters. The molecule has 1 aromatic rings.